The van der Waals surface area contributed by atoms with Gasteiger partial charge in [0.1, 0.15) is 16.7 Å². The smallest absolute Gasteiger partial charge is 0.160 e. The summed E-state index contributed by atoms with van der Waals surface area (Å²) in [6.45, 7) is 4.70. The molecule has 2 aromatic heterocycles. The Morgan fingerprint density at radius 3 is 1.52 bits per heavy atom. The first-order chi connectivity index (χ1) is 36.0. The van der Waals surface area contributed by atoms with Crippen LogP contribution in [0.5, 0.6) is 0 Å². The van der Waals surface area contributed by atoms with E-state index in [9.17, 15) is 0 Å². The summed E-state index contributed by atoms with van der Waals surface area (Å²) in [6.07, 6.45) is 0. The molecule has 344 valence electrons. The van der Waals surface area contributed by atoms with Crippen LogP contribution in [0.15, 0.2) is 258 Å². The molecular formula is C70H47NO2. The van der Waals surface area contributed by atoms with Crippen LogP contribution in [0.25, 0.3) is 88.4 Å². The summed E-state index contributed by atoms with van der Waals surface area (Å²) in [4.78, 5) is 2.42. The Bertz CT molecular complexity index is 4280. The fraction of sp³-hybridized carbons (Fsp3) is 0.0571. The van der Waals surface area contributed by atoms with Crippen molar-refractivity contribution in [3.05, 3.63) is 282 Å². The molecule has 73 heavy (non-hydrogen) atoms. The average Bonchev–Trinajstić information content (AvgIpc) is 4.19. The van der Waals surface area contributed by atoms with E-state index in [1.807, 2.05) is 0 Å². The molecule has 0 radical (unpaired) electrons. The highest BCUT2D eigenvalue weighted by molar-refractivity contribution is 6.25. The van der Waals surface area contributed by atoms with Gasteiger partial charge in [-0.3, -0.25) is 0 Å². The molecule has 0 atom stereocenters. The maximum absolute atomic E-state index is 7.32. The summed E-state index contributed by atoms with van der Waals surface area (Å²) < 4.78 is 14.0. The summed E-state index contributed by atoms with van der Waals surface area (Å²) in [6, 6.07) is 90.8. The molecule has 3 nitrogen and oxygen atoms in total. The van der Waals surface area contributed by atoms with Crippen molar-refractivity contribution >= 4 is 60.9 Å². The largest absolute Gasteiger partial charge is 0.456 e. The van der Waals surface area contributed by atoms with E-state index in [1.165, 1.54) is 72.3 Å². The Kier molecular flexibility index (Phi) is 8.92. The van der Waals surface area contributed by atoms with E-state index in [1.54, 1.807) is 0 Å². The summed E-state index contributed by atoms with van der Waals surface area (Å²) in [5, 5.41) is 4.36. The van der Waals surface area contributed by atoms with E-state index in [-0.39, 0.29) is 5.41 Å². The molecular weight excluding hydrogens is 887 g/mol. The third-order valence-electron chi connectivity index (χ3n) is 16.2. The van der Waals surface area contributed by atoms with Crippen molar-refractivity contribution in [2.45, 2.75) is 24.7 Å². The Morgan fingerprint density at radius 2 is 0.849 bits per heavy atom. The van der Waals surface area contributed by atoms with Crippen LogP contribution in [0, 0.1) is 0 Å². The van der Waals surface area contributed by atoms with Gasteiger partial charge in [-0.25, -0.2) is 0 Å². The van der Waals surface area contributed by atoms with Gasteiger partial charge >= 0.3 is 0 Å². The number of hydrogen-bond acceptors (Lipinski definition) is 3. The van der Waals surface area contributed by atoms with Gasteiger partial charge in [0.25, 0.3) is 0 Å². The van der Waals surface area contributed by atoms with Crippen LogP contribution < -0.4 is 4.90 Å². The Hall–Kier alpha value is -9.18. The quantitative estimate of drug-likeness (QED) is 0.159. The van der Waals surface area contributed by atoms with Crippen molar-refractivity contribution in [3.8, 4) is 44.5 Å². The highest BCUT2D eigenvalue weighted by Gasteiger charge is 2.49. The van der Waals surface area contributed by atoms with Gasteiger partial charge in [0.05, 0.1) is 11.1 Å². The molecule has 0 spiro atoms. The van der Waals surface area contributed by atoms with Crippen molar-refractivity contribution < 1.29 is 8.83 Å². The van der Waals surface area contributed by atoms with Gasteiger partial charge in [0.15, 0.2) is 5.58 Å². The molecule has 0 saturated carbocycles. The molecule has 0 bridgehead atoms. The van der Waals surface area contributed by atoms with Crippen molar-refractivity contribution in [3.63, 3.8) is 0 Å². The topological polar surface area (TPSA) is 29.5 Å². The lowest BCUT2D eigenvalue weighted by atomic mass is 9.67. The predicted octanol–water partition coefficient (Wildman–Crippen LogP) is 19.0. The van der Waals surface area contributed by atoms with Crippen molar-refractivity contribution in [2.75, 3.05) is 4.90 Å². The molecule has 0 fully saturated rings. The fourth-order valence-corrected chi connectivity index (χ4v) is 12.9. The zero-order valence-corrected chi connectivity index (χ0v) is 40.4. The number of nitrogens with zero attached hydrogens (tertiary/aromatic N) is 1. The Morgan fingerprint density at radius 1 is 0.342 bits per heavy atom. The van der Waals surface area contributed by atoms with Gasteiger partial charge < -0.3 is 13.7 Å². The van der Waals surface area contributed by atoms with Crippen LogP contribution in [0.3, 0.4) is 0 Å². The fourth-order valence-electron chi connectivity index (χ4n) is 12.9. The summed E-state index contributed by atoms with van der Waals surface area (Å²) in [7, 11) is 0. The third kappa shape index (κ3) is 5.94. The average molecular weight is 934 g/mol. The highest BCUT2D eigenvalue weighted by atomic mass is 16.3. The maximum Gasteiger partial charge on any atom is 0.160 e. The lowest BCUT2D eigenvalue weighted by Crippen LogP contribution is -2.28. The van der Waals surface area contributed by atoms with Crippen LogP contribution in [0.2, 0.25) is 0 Å². The third-order valence-corrected chi connectivity index (χ3v) is 16.2. The van der Waals surface area contributed by atoms with Gasteiger partial charge in [-0.15, -0.1) is 0 Å². The van der Waals surface area contributed by atoms with Gasteiger partial charge in [-0.05, 0) is 132 Å². The summed E-state index contributed by atoms with van der Waals surface area (Å²) in [5.41, 5.74) is 22.8. The normalized spacial score (nSPS) is 13.8. The SMILES string of the molecule is CC1(C)c2ccccc2-c2ccc(-c3ccc(N(c4ccc(-c5ccccc5)cc4)c4cc5c(c6c4oc4ccccc46)-c4c(ccc6oc7ccccc7c46)C5(c4ccccc4)c4ccccc4)cc3)cc21. The minimum absolute atomic E-state index is 0.0962. The van der Waals surface area contributed by atoms with Crippen LogP contribution >= 0.6 is 0 Å². The van der Waals surface area contributed by atoms with Gasteiger partial charge in [0, 0.05) is 38.3 Å². The first-order valence-electron chi connectivity index (χ1n) is 25.3. The molecule has 0 aliphatic heterocycles. The second-order valence-corrected chi connectivity index (χ2v) is 20.3. The second kappa shape index (κ2) is 15.7. The molecule has 2 aliphatic carbocycles. The number of para-hydroxylation sites is 2. The summed E-state index contributed by atoms with van der Waals surface area (Å²) >= 11 is 0. The Labute approximate surface area is 423 Å². The number of rotatable bonds is 7. The second-order valence-electron chi connectivity index (χ2n) is 20.3. The van der Waals surface area contributed by atoms with Crippen LogP contribution in [0.4, 0.5) is 17.1 Å². The number of furan rings is 2. The molecule has 2 heterocycles. The zero-order chi connectivity index (χ0) is 48.4. The number of hydrogen-bond donors (Lipinski definition) is 0. The van der Waals surface area contributed by atoms with Gasteiger partial charge in [-0.2, -0.15) is 0 Å². The Balaban J connectivity index is 1.02. The van der Waals surface area contributed by atoms with Crippen LogP contribution in [0.1, 0.15) is 47.2 Å². The van der Waals surface area contributed by atoms with Crippen molar-refractivity contribution in [2.24, 2.45) is 0 Å². The lowest BCUT2D eigenvalue weighted by Gasteiger charge is -2.35. The van der Waals surface area contributed by atoms with Gasteiger partial charge in [0.2, 0.25) is 0 Å². The molecule has 13 aromatic rings. The van der Waals surface area contributed by atoms with Gasteiger partial charge in [-0.1, -0.05) is 208 Å². The molecule has 2 aliphatic rings. The van der Waals surface area contributed by atoms with Crippen molar-refractivity contribution in [1.29, 1.82) is 0 Å². The lowest BCUT2D eigenvalue weighted by molar-refractivity contribution is 0.660. The van der Waals surface area contributed by atoms with Crippen molar-refractivity contribution in [1.82, 2.24) is 0 Å². The van der Waals surface area contributed by atoms with E-state index < -0.39 is 5.41 Å². The molecule has 0 amide bonds. The van der Waals surface area contributed by atoms with Crippen LogP contribution in [-0.2, 0) is 10.8 Å². The van der Waals surface area contributed by atoms with E-state index in [4.69, 9.17) is 8.83 Å². The highest BCUT2D eigenvalue weighted by Crippen LogP contribution is 2.63. The first kappa shape index (κ1) is 41.6. The van der Waals surface area contributed by atoms with E-state index >= 15 is 0 Å². The molecule has 15 rings (SSSR count). The zero-order valence-electron chi connectivity index (χ0n) is 40.4. The standard InChI is InChI=1S/C70H47NO2/c1-69(2)56-27-15-12-24-52(56)53-39-34-47(42-58(53)69)46-32-37-51(38-33-46)71(50-35-30-45(31-36-50)44-18-6-3-7-19-44)60-43-59-67(65-55-26-14-17-29-62(55)73-68(60)65)66-57(40-41-63-64(66)54-25-13-16-28-61(54)72-63)70(59,48-20-8-4-9-21-48)49-22-10-5-11-23-49/h3-43H,1-2H3. The van der Waals surface area contributed by atoms with E-state index in [2.05, 4.69) is 267 Å². The number of benzene rings is 11. The predicted molar refractivity (Wildman–Crippen MR) is 301 cm³/mol. The monoisotopic (exact) mass is 933 g/mol. The molecule has 0 saturated heterocycles. The molecule has 11 aromatic carbocycles. The minimum Gasteiger partial charge on any atom is -0.456 e. The van der Waals surface area contributed by atoms with E-state index in [0.29, 0.717) is 0 Å². The molecule has 3 heteroatoms. The first-order valence-corrected chi connectivity index (χ1v) is 25.3. The number of anilines is 3. The molecule has 0 N–H and O–H groups in total. The summed E-state index contributed by atoms with van der Waals surface area (Å²) in [5.74, 6) is 0. The van der Waals surface area contributed by atoms with E-state index in [0.717, 1.165) is 66.5 Å². The molecule has 0 unspecified atom stereocenters. The number of fused-ring (bicyclic) bond motifs is 14. The maximum atomic E-state index is 7.32. The minimum atomic E-state index is -0.727. The van der Waals surface area contributed by atoms with Crippen LogP contribution in [-0.4, -0.2) is 0 Å².